The number of amides is 1. The van der Waals surface area contributed by atoms with Crippen molar-refractivity contribution in [2.75, 3.05) is 13.7 Å². The molecule has 1 aromatic carbocycles. The largest absolute Gasteiger partial charge is 0.496 e. The molecule has 3 atom stereocenters. The molecule has 0 radical (unpaired) electrons. The zero-order valence-electron chi connectivity index (χ0n) is 12.0. The SMILES string of the molecule is COc1ccccc1C(=O)N1CC2CCCC2C1C(=O)O. The molecule has 1 aliphatic heterocycles. The Labute approximate surface area is 123 Å². The Morgan fingerprint density at radius 1 is 1.29 bits per heavy atom. The Hall–Kier alpha value is -2.04. The average Bonchev–Trinajstić information content (AvgIpc) is 3.06. The standard InChI is InChI=1S/C16H19NO4/c1-21-13-8-3-2-6-12(13)15(18)17-9-10-5-4-7-11(10)14(17)16(19)20/h2-3,6,8,10-11,14H,4-5,7,9H2,1H3,(H,19,20). The fourth-order valence-corrected chi connectivity index (χ4v) is 3.81. The summed E-state index contributed by atoms with van der Waals surface area (Å²) in [6, 6.07) is 6.27. The Kier molecular flexibility index (Phi) is 3.57. The van der Waals surface area contributed by atoms with Gasteiger partial charge in [-0.1, -0.05) is 18.6 Å². The Balaban J connectivity index is 1.92. The highest BCUT2D eigenvalue weighted by Gasteiger charge is 2.49. The molecule has 2 aliphatic rings. The fourth-order valence-electron chi connectivity index (χ4n) is 3.81. The van der Waals surface area contributed by atoms with E-state index in [2.05, 4.69) is 0 Å². The van der Waals surface area contributed by atoms with Gasteiger partial charge in [0, 0.05) is 6.54 Å². The molecule has 1 heterocycles. The smallest absolute Gasteiger partial charge is 0.326 e. The number of likely N-dealkylation sites (tertiary alicyclic amines) is 1. The number of carboxylic acid groups (broad SMARTS) is 1. The highest BCUT2D eigenvalue weighted by molar-refractivity contribution is 5.99. The van der Waals surface area contributed by atoms with Crippen molar-refractivity contribution in [2.45, 2.75) is 25.3 Å². The summed E-state index contributed by atoms with van der Waals surface area (Å²) in [6.45, 7) is 0.540. The molecule has 3 unspecified atom stereocenters. The molecule has 1 aliphatic carbocycles. The molecule has 5 nitrogen and oxygen atoms in total. The monoisotopic (exact) mass is 289 g/mol. The maximum Gasteiger partial charge on any atom is 0.326 e. The highest BCUT2D eigenvalue weighted by atomic mass is 16.5. The zero-order valence-corrected chi connectivity index (χ0v) is 12.0. The Morgan fingerprint density at radius 3 is 2.76 bits per heavy atom. The molecular weight excluding hydrogens is 270 g/mol. The topological polar surface area (TPSA) is 66.8 Å². The van der Waals surface area contributed by atoms with Gasteiger partial charge in [0.15, 0.2) is 0 Å². The van der Waals surface area contributed by atoms with Gasteiger partial charge >= 0.3 is 5.97 Å². The minimum atomic E-state index is -0.896. The first-order chi connectivity index (χ1) is 10.1. The van der Waals surface area contributed by atoms with Crippen LogP contribution in [0.2, 0.25) is 0 Å². The van der Waals surface area contributed by atoms with Crippen molar-refractivity contribution in [3.05, 3.63) is 29.8 Å². The third-order valence-electron chi connectivity index (χ3n) is 4.74. The molecule has 112 valence electrons. The van der Waals surface area contributed by atoms with Gasteiger partial charge in [-0.25, -0.2) is 4.79 Å². The fraction of sp³-hybridized carbons (Fsp3) is 0.500. The van der Waals surface area contributed by atoms with Crippen molar-refractivity contribution in [1.29, 1.82) is 0 Å². The van der Waals surface area contributed by atoms with E-state index in [4.69, 9.17) is 4.74 Å². The number of hydrogen-bond donors (Lipinski definition) is 1. The number of ether oxygens (including phenoxy) is 1. The molecule has 0 spiro atoms. The molecule has 1 aromatic rings. The van der Waals surface area contributed by atoms with Crippen molar-refractivity contribution in [1.82, 2.24) is 4.90 Å². The van der Waals surface area contributed by atoms with Gasteiger partial charge in [0.05, 0.1) is 12.7 Å². The lowest BCUT2D eigenvalue weighted by molar-refractivity contribution is -0.142. The van der Waals surface area contributed by atoms with Crippen LogP contribution in [-0.4, -0.2) is 41.6 Å². The first-order valence-corrected chi connectivity index (χ1v) is 7.30. The van der Waals surface area contributed by atoms with E-state index < -0.39 is 12.0 Å². The van der Waals surface area contributed by atoms with Gasteiger partial charge in [0.2, 0.25) is 0 Å². The number of carbonyl (C=O) groups excluding carboxylic acids is 1. The van der Waals surface area contributed by atoms with Crippen LogP contribution in [0.15, 0.2) is 24.3 Å². The van der Waals surface area contributed by atoms with Gasteiger partial charge in [0.1, 0.15) is 11.8 Å². The predicted octanol–water partition coefficient (Wildman–Crippen LogP) is 2.02. The molecule has 0 aromatic heterocycles. The van der Waals surface area contributed by atoms with E-state index in [0.29, 0.717) is 23.8 Å². The number of fused-ring (bicyclic) bond motifs is 1. The van der Waals surface area contributed by atoms with Crippen LogP contribution in [0.5, 0.6) is 5.75 Å². The molecule has 1 amide bonds. The van der Waals surface area contributed by atoms with E-state index in [1.807, 2.05) is 0 Å². The van der Waals surface area contributed by atoms with E-state index >= 15 is 0 Å². The predicted molar refractivity (Wildman–Crippen MR) is 76.3 cm³/mol. The van der Waals surface area contributed by atoms with Gasteiger partial charge in [-0.3, -0.25) is 4.79 Å². The first-order valence-electron chi connectivity index (χ1n) is 7.30. The van der Waals surface area contributed by atoms with E-state index in [1.165, 1.54) is 12.0 Å². The van der Waals surface area contributed by atoms with Crippen LogP contribution in [0.4, 0.5) is 0 Å². The molecule has 1 saturated heterocycles. The zero-order chi connectivity index (χ0) is 15.0. The second-order valence-electron chi connectivity index (χ2n) is 5.80. The number of nitrogens with zero attached hydrogens (tertiary/aromatic N) is 1. The number of methoxy groups -OCH3 is 1. The van der Waals surface area contributed by atoms with E-state index in [-0.39, 0.29) is 11.8 Å². The quantitative estimate of drug-likeness (QED) is 0.924. The molecule has 2 fully saturated rings. The number of aliphatic carboxylic acids is 1. The summed E-state index contributed by atoms with van der Waals surface area (Å²) < 4.78 is 5.22. The summed E-state index contributed by atoms with van der Waals surface area (Å²) in [6.07, 6.45) is 2.98. The number of carbonyl (C=O) groups is 2. The van der Waals surface area contributed by atoms with Crippen LogP contribution in [0.3, 0.4) is 0 Å². The average molecular weight is 289 g/mol. The second-order valence-corrected chi connectivity index (χ2v) is 5.80. The van der Waals surface area contributed by atoms with Crippen molar-refractivity contribution in [2.24, 2.45) is 11.8 Å². The third-order valence-corrected chi connectivity index (χ3v) is 4.74. The summed E-state index contributed by atoms with van der Waals surface area (Å²) in [7, 11) is 1.51. The van der Waals surface area contributed by atoms with Crippen molar-refractivity contribution < 1.29 is 19.4 Å². The number of rotatable bonds is 3. The summed E-state index contributed by atoms with van der Waals surface area (Å²) in [5.74, 6) is -0.225. The number of hydrogen-bond acceptors (Lipinski definition) is 3. The van der Waals surface area contributed by atoms with Gasteiger partial charge in [-0.15, -0.1) is 0 Å². The van der Waals surface area contributed by atoms with E-state index in [9.17, 15) is 14.7 Å². The summed E-state index contributed by atoms with van der Waals surface area (Å²) in [5, 5.41) is 9.53. The highest BCUT2D eigenvalue weighted by Crippen LogP contribution is 2.43. The Bertz CT molecular complexity index is 571. The normalized spacial score (nSPS) is 27.5. The molecule has 0 bridgehead atoms. The van der Waals surface area contributed by atoms with Crippen LogP contribution in [0, 0.1) is 11.8 Å². The van der Waals surface area contributed by atoms with Crippen molar-refractivity contribution >= 4 is 11.9 Å². The number of para-hydroxylation sites is 1. The number of carboxylic acids is 1. The van der Waals surface area contributed by atoms with Gasteiger partial charge in [-0.05, 0) is 36.8 Å². The lowest BCUT2D eigenvalue weighted by Crippen LogP contribution is -2.43. The molecular formula is C16H19NO4. The lowest BCUT2D eigenvalue weighted by atomic mass is 9.94. The molecule has 5 heteroatoms. The van der Waals surface area contributed by atoms with Crippen LogP contribution in [0.25, 0.3) is 0 Å². The van der Waals surface area contributed by atoms with Crippen LogP contribution >= 0.6 is 0 Å². The second kappa shape index (κ2) is 5.39. The summed E-state index contributed by atoms with van der Waals surface area (Å²) in [4.78, 5) is 25.9. The Morgan fingerprint density at radius 2 is 2.05 bits per heavy atom. The van der Waals surface area contributed by atoms with E-state index in [0.717, 1.165) is 19.3 Å². The number of benzene rings is 1. The summed E-state index contributed by atoms with van der Waals surface area (Å²) >= 11 is 0. The minimum absolute atomic E-state index is 0.0983. The lowest BCUT2D eigenvalue weighted by Gasteiger charge is -2.25. The summed E-state index contributed by atoms with van der Waals surface area (Å²) in [5.41, 5.74) is 0.436. The van der Waals surface area contributed by atoms with Gasteiger partial charge < -0.3 is 14.7 Å². The van der Waals surface area contributed by atoms with Crippen molar-refractivity contribution in [3.8, 4) is 5.75 Å². The first kappa shape index (κ1) is 13.9. The molecule has 21 heavy (non-hydrogen) atoms. The van der Waals surface area contributed by atoms with Crippen LogP contribution < -0.4 is 4.74 Å². The van der Waals surface area contributed by atoms with E-state index in [1.54, 1.807) is 24.3 Å². The minimum Gasteiger partial charge on any atom is -0.496 e. The van der Waals surface area contributed by atoms with Crippen LogP contribution in [-0.2, 0) is 4.79 Å². The maximum atomic E-state index is 12.8. The van der Waals surface area contributed by atoms with Crippen molar-refractivity contribution in [3.63, 3.8) is 0 Å². The van der Waals surface area contributed by atoms with Crippen LogP contribution in [0.1, 0.15) is 29.6 Å². The van der Waals surface area contributed by atoms with Gasteiger partial charge in [0.25, 0.3) is 5.91 Å². The molecule has 1 saturated carbocycles. The molecule has 1 N–H and O–H groups in total. The van der Waals surface area contributed by atoms with Gasteiger partial charge in [-0.2, -0.15) is 0 Å². The maximum absolute atomic E-state index is 12.8. The molecule has 3 rings (SSSR count). The third kappa shape index (κ3) is 2.26.